The molecule has 0 unspecified atom stereocenters. The van der Waals surface area contributed by atoms with Gasteiger partial charge in [0.25, 0.3) is 11.8 Å². The minimum absolute atomic E-state index is 0.0933. The molecule has 1 N–H and O–H groups in total. The van der Waals surface area contributed by atoms with Crippen molar-refractivity contribution in [1.29, 1.82) is 0 Å². The van der Waals surface area contributed by atoms with Crippen molar-refractivity contribution in [3.63, 3.8) is 0 Å². The minimum Gasteiger partial charge on any atom is -0.395 e. The van der Waals surface area contributed by atoms with Gasteiger partial charge in [-0.2, -0.15) is 0 Å². The molecule has 2 aromatic rings. The van der Waals surface area contributed by atoms with Gasteiger partial charge < -0.3 is 10.0 Å². The van der Waals surface area contributed by atoms with Crippen LogP contribution in [0, 0.1) is 0 Å². The molecule has 0 saturated carbocycles. The molecule has 1 aromatic carbocycles. The molecule has 0 radical (unpaired) electrons. The van der Waals surface area contributed by atoms with Gasteiger partial charge in [-0.25, -0.2) is 0 Å². The highest BCUT2D eigenvalue weighted by atomic mass is 35.5. The molecular formula is C19H19ClN2O3S. The van der Waals surface area contributed by atoms with Gasteiger partial charge in [0.1, 0.15) is 5.70 Å². The van der Waals surface area contributed by atoms with Crippen molar-refractivity contribution < 1.29 is 14.7 Å². The Balaban J connectivity index is 1.85. The number of benzene rings is 1. The summed E-state index contributed by atoms with van der Waals surface area (Å²) in [5.41, 5.74) is 1.77. The van der Waals surface area contributed by atoms with Crippen LogP contribution in [0.1, 0.15) is 10.4 Å². The van der Waals surface area contributed by atoms with Crippen LogP contribution in [0.25, 0.3) is 5.57 Å². The number of nitrogens with zero attached hydrogens (tertiary/aromatic N) is 2. The Bertz CT molecular complexity index is 831. The van der Waals surface area contributed by atoms with Crippen LogP contribution in [-0.4, -0.2) is 53.5 Å². The van der Waals surface area contributed by atoms with E-state index in [-0.39, 0.29) is 25.0 Å². The van der Waals surface area contributed by atoms with Gasteiger partial charge in [0.05, 0.1) is 12.2 Å². The second kappa shape index (κ2) is 8.03. The van der Waals surface area contributed by atoms with Gasteiger partial charge in [-0.3, -0.25) is 14.5 Å². The highest BCUT2D eigenvalue weighted by Gasteiger charge is 2.40. The summed E-state index contributed by atoms with van der Waals surface area (Å²) in [6, 6.07) is 11.0. The number of thiophene rings is 1. The molecule has 1 aliphatic heterocycles. The second-order valence-corrected chi connectivity index (χ2v) is 7.37. The van der Waals surface area contributed by atoms with Crippen LogP contribution < -0.4 is 0 Å². The Morgan fingerprint density at radius 2 is 1.88 bits per heavy atom. The van der Waals surface area contributed by atoms with E-state index in [2.05, 4.69) is 0 Å². The largest absolute Gasteiger partial charge is 0.395 e. The molecule has 0 atom stereocenters. The molecule has 0 spiro atoms. The fourth-order valence-electron chi connectivity index (χ4n) is 2.92. The topological polar surface area (TPSA) is 60.9 Å². The lowest BCUT2D eigenvalue weighted by molar-refractivity contribution is -0.137. The molecular weight excluding hydrogens is 372 g/mol. The number of hydrogen-bond donors (Lipinski definition) is 1. The summed E-state index contributed by atoms with van der Waals surface area (Å²) in [4.78, 5) is 29.6. The molecule has 5 nitrogen and oxygen atoms in total. The Hall–Kier alpha value is -2.15. The van der Waals surface area contributed by atoms with E-state index in [0.717, 1.165) is 10.4 Å². The molecule has 2 amide bonds. The summed E-state index contributed by atoms with van der Waals surface area (Å²) in [5.74, 6) is -0.602. The zero-order valence-corrected chi connectivity index (χ0v) is 15.9. The van der Waals surface area contributed by atoms with E-state index in [9.17, 15) is 14.7 Å². The van der Waals surface area contributed by atoms with Gasteiger partial charge in [0, 0.05) is 30.0 Å². The minimum atomic E-state index is -0.316. The van der Waals surface area contributed by atoms with E-state index in [1.807, 2.05) is 29.6 Å². The van der Waals surface area contributed by atoms with Gasteiger partial charge in [-0.05, 0) is 35.6 Å². The maximum absolute atomic E-state index is 13.0. The SMILES string of the molecule is CN(CCO)C1=C(c2cccs2)C(=O)N(CCc2ccc(Cl)cc2)C1=O. The standard InChI is InChI=1S/C19H19ClN2O3S/c1-21(10-11-23)17-16(15-3-2-12-26-15)18(24)22(19(17)25)9-8-13-4-6-14(20)7-5-13/h2-7,12,23H,8-11H2,1H3. The predicted molar refractivity (Wildman–Crippen MR) is 103 cm³/mol. The maximum atomic E-state index is 13.0. The monoisotopic (exact) mass is 390 g/mol. The smallest absolute Gasteiger partial charge is 0.277 e. The molecule has 26 heavy (non-hydrogen) atoms. The Kier molecular flexibility index (Phi) is 5.76. The van der Waals surface area contributed by atoms with Crippen LogP contribution in [0.15, 0.2) is 47.5 Å². The van der Waals surface area contributed by atoms with Gasteiger partial charge in [0.2, 0.25) is 0 Å². The van der Waals surface area contributed by atoms with E-state index in [1.165, 1.54) is 16.2 Å². The Morgan fingerprint density at radius 3 is 2.50 bits per heavy atom. The van der Waals surface area contributed by atoms with Crippen molar-refractivity contribution in [3.05, 3.63) is 62.9 Å². The van der Waals surface area contributed by atoms with Crippen LogP contribution in [0.5, 0.6) is 0 Å². The van der Waals surface area contributed by atoms with Crippen molar-refractivity contribution in [2.24, 2.45) is 0 Å². The molecule has 0 fully saturated rings. The van der Waals surface area contributed by atoms with Crippen LogP contribution in [0.4, 0.5) is 0 Å². The summed E-state index contributed by atoms with van der Waals surface area (Å²) in [7, 11) is 1.72. The molecule has 3 rings (SSSR count). The number of carbonyl (C=O) groups is 2. The van der Waals surface area contributed by atoms with E-state index in [4.69, 9.17) is 11.6 Å². The highest BCUT2D eigenvalue weighted by molar-refractivity contribution is 7.11. The van der Waals surface area contributed by atoms with Crippen LogP contribution in [0.3, 0.4) is 0 Å². The summed E-state index contributed by atoms with van der Waals surface area (Å²) in [6.45, 7) is 0.489. The molecule has 7 heteroatoms. The van der Waals surface area contributed by atoms with E-state index < -0.39 is 0 Å². The first kappa shape index (κ1) is 18.6. The number of amides is 2. The first-order valence-electron chi connectivity index (χ1n) is 8.23. The van der Waals surface area contributed by atoms with Crippen molar-refractivity contribution in [2.45, 2.75) is 6.42 Å². The number of halogens is 1. The average molecular weight is 391 g/mol. The predicted octanol–water partition coefficient (Wildman–Crippen LogP) is 2.65. The van der Waals surface area contributed by atoms with Gasteiger partial charge in [-0.1, -0.05) is 29.8 Å². The van der Waals surface area contributed by atoms with Crippen LogP contribution >= 0.6 is 22.9 Å². The van der Waals surface area contributed by atoms with Gasteiger partial charge in [-0.15, -0.1) is 11.3 Å². The van der Waals surface area contributed by atoms with Crippen LogP contribution in [0.2, 0.25) is 5.02 Å². The summed E-state index contributed by atoms with van der Waals surface area (Å²) in [5, 5.41) is 11.7. The van der Waals surface area contributed by atoms with Crippen molar-refractivity contribution in [3.8, 4) is 0 Å². The lowest BCUT2D eigenvalue weighted by atomic mass is 10.1. The van der Waals surface area contributed by atoms with Gasteiger partial charge in [0.15, 0.2) is 0 Å². The number of hydrogen-bond acceptors (Lipinski definition) is 5. The van der Waals surface area contributed by atoms with Gasteiger partial charge >= 0.3 is 0 Å². The first-order valence-corrected chi connectivity index (χ1v) is 9.49. The van der Waals surface area contributed by atoms with Crippen molar-refractivity contribution in [2.75, 3.05) is 26.7 Å². The summed E-state index contributed by atoms with van der Waals surface area (Å²) in [6.07, 6.45) is 0.559. The Labute approximate surface area is 161 Å². The summed E-state index contributed by atoms with van der Waals surface area (Å²) < 4.78 is 0. The average Bonchev–Trinajstić information content (AvgIpc) is 3.22. The zero-order chi connectivity index (χ0) is 18.7. The third-order valence-corrected chi connectivity index (χ3v) is 5.40. The number of rotatable bonds is 7. The zero-order valence-electron chi connectivity index (χ0n) is 14.3. The fraction of sp³-hybridized carbons (Fsp3) is 0.263. The number of carbonyl (C=O) groups excluding carboxylic acids is 2. The van der Waals surface area contributed by atoms with Crippen molar-refractivity contribution >= 4 is 40.3 Å². The Morgan fingerprint density at radius 1 is 1.15 bits per heavy atom. The number of aliphatic hydroxyl groups excluding tert-OH is 1. The lowest BCUT2D eigenvalue weighted by Gasteiger charge is -2.20. The number of imide groups is 1. The molecule has 1 aliphatic rings. The molecule has 0 aliphatic carbocycles. The quantitative estimate of drug-likeness (QED) is 0.738. The molecule has 2 heterocycles. The third kappa shape index (κ3) is 3.67. The van der Waals surface area contributed by atoms with Crippen LogP contribution in [-0.2, 0) is 16.0 Å². The first-order chi connectivity index (χ1) is 12.5. The lowest BCUT2D eigenvalue weighted by Crippen LogP contribution is -2.36. The third-order valence-electron chi connectivity index (χ3n) is 4.27. The van der Waals surface area contributed by atoms with E-state index in [0.29, 0.717) is 29.3 Å². The van der Waals surface area contributed by atoms with Crippen molar-refractivity contribution in [1.82, 2.24) is 9.80 Å². The highest BCUT2D eigenvalue weighted by Crippen LogP contribution is 2.33. The number of likely N-dealkylation sites (N-methyl/N-ethyl adjacent to an activating group) is 1. The van der Waals surface area contributed by atoms with E-state index >= 15 is 0 Å². The van der Waals surface area contributed by atoms with E-state index in [1.54, 1.807) is 24.1 Å². The molecule has 136 valence electrons. The normalized spacial score (nSPS) is 14.5. The fourth-order valence-corrected chi connectivity index (χ4v) is 3.81. The number of aliphatic hydroxyl groups is 1. The molecule has 0 bridgehead atoms. The maximum Gasteiger partial charge on any atom is 0.277 e. The second-order valence-electron chi connectivity index (χ2n) is 5.98. The summed E-state index contributed by atoms with van der Waals surface area (Å²) >= 11 is 7.32. The molecule has 1 aromatic heterocycles. The molecule has 0 saturated heterocycles.